The highest BCUT2D eigenvalue weighted by Gasteiger charge is 2.14. The van der Waals surface area contributed by atoms with Crippen LogP contribution in [0.4, 0.5) is 4.79 Å². The number of rotatable bonds is 4. The van der Waals surface area contributed by atoms with Crippen molar-refractivity contribution in [1.82, 2.24) is 15.2 Å². The molecule has 0 saturated heterocycles. The Balaban J connectivity index is 2.14. The molecule has 0 spiro atoms. The van der Waals surface area contributed by atoms with E-state index in [2.05, 4.69) is 33.1 Å². The van der Waals surface area contributed by atoms with E-state index in [0.717, 1.165) is 9.04 Å². The first-order chi connectivity index (χ1) is 10.0. The molecular formula is C13H12BrN3O4. The van der Waals surface area contributed by atoms with Crippen molar-refractivity contribution in [3.8, 4) is 0 Å². The highest BCUT2D eigenvalue weighted by Crippen LogP contribution is 2.18. The lowest BCUT2D eigenvalue weighted by Gasteiger charge is -2.05. The van der Waals surface area contributed by atoms with E-state index in [1.165, 1.54) is 6.08 Å². The van der Waals surface area contributed by atoms with Crippen LogP contribution in [-0.4, -0.2) is 23.1 Å². The van der Waals surface area contributed by atoms with Crippen molar-refractivity contribution in [2.24, 2.45) is 0 Å². The Labute approximate surface area is 127 Å². The molecule has 0 aliphatic heterocycles. The lowest BCUT2D eigenvalue weighted by atomic mass is 10.3. The standard InChI is InChI=1S/C13H12BrN3O4/c1-2-5-15-12(19)16-11(18)7-17-9-4-3-8(14)6-10(9)21-13(17)20/h2-4,6H,1,5,7H2,(H2,15,16,18,19). The number of nitrogens with zero attached hydrogens (tertiary/aromatic N) is 1. The molecule has 0 fully saturated rings. The number of fused-ring (bicyclic) bond motifs is 1. The van der Waals surface area contributed by atoms with E-state index in [0.29, 0.717) is 11.1 Å². The van der Waals surface area contributed by atoms with Crippen molar-refractivity contribution in [3.63, 3.8) is 0 Å². The van der Waals surface area contributed by atoms with E-state index in [1.807, 2.05) is 0 Å². The van der Waals surface area contributed by atoms with E-state index < -0.39 is 17.7 Å². The van der Waals surface area contributed by atoms with Crippen LogP contribution in [0.5, 0.6) is 0 Å². The minimum atomic E-state index is -0.662. The summed E-state index contributed by atoms with van der Waals surface area (Å²) < 4.78 is 6.94. The van der Waals surface area contributed by atoms with Gasteiger partial charge in [-0.15, -0.1) is 6.58 Å². The maximum Gasteiger partial charge on any atom is 0.420 e. The van der Waals surface area contributed by atoms with E-state index in [-0.39, 0.29) is 13.1 Å². The molecule has 0 aliphatic rings. The monoisotopic (exact) mass is 353 g/mol. The third-order valence-corrected chi connectivity index (χ3v) is 3.09. The maximum absolute atomic E-state index is 11.7. The second-order valence-electron chi connectivity index (χ2n) is 4.11. The number of benzene rings is 1. The number of carbonyl (C=O) groups excluding carboxylic acids is 2. The van der Waals surface area contributed by atoms with Crippen LogP contribution in [0.1, 0.15) is 0 Å². The van der Waals surface area contributed by atoms with Crippen LogP contribution in [0.25, 0.3) is 11.1 Å². The van der Waals surface area contributed by atoms with Crippen LogP contribution in [0.15, 0.2) is 44.5 Å². The first-order valence-electron chi connectivity index (χ1n) is 5.98. The first-order valence-corrected chi connectivity index (χ1v) is 6.78. The molecule has 3 amide bonds. The third kappa shape index (κ3) is 3.60. The van der Waals surface area contributed by atoms with Crippen LogP contribution < -0.4 is 16.4 Å². The number of carbonyl (C=O) groups is 2. The van der Waals surface area contributed by atoms with Crippen molar-refractivity contribution >= 4 is 39.0 Å². The average Bonchev–Trinajstić information content (AvgIpc) is 2.71. The summed E-state index contributed by atoms with van der Waals surface area (Å²) in [6, 6.07) is 4.35. The van der Waals surface area contributed by atoms with Gasteiger partial charge in [0.1, 0.15) is 6.54 Å². The van der Waals surface area contributed by atoms with E-state index >= 15 is 0 Å². The summed E-state index contributed by atoms with van der Waals surface area (Å²) in [5.41, 5.74) is 0.836. The number of hydrogen-bond acceptors (Lipinski definition) is 4. The molecule has 0 aliphatic carbocycles. The van der Waals surface area contributed by atoms with Crippen molar-refractivity contribution in [2.75, 3.05) is 6.54 Å². The van der Waals surface area contributed by atoms with Crippen LogP contribution in [0.3, 0.4) is 0 Å². The summed E-state index contributed by atoms with van der Waals surface area (Å²) in [5.74, 6) is -1.28. The predicted molar refractivity (Wildman–Crippen MR) is 79.9 cm³/mol. The number of halogens is 1. The van der Waals surface area contributed by atoms with Gasteiger partial charge in [0.05, 0.1) is 5.52 Å². The number of aromatic nitrogens is 1. The molecule has 21 heavy (non-hydrogen) atoms. The van der Waals surface area contributed by atoms with Gasteiger partial charge in [0.15, 0.2) is 5.58 Å². The van der Waals surface area contributed by atoms with Crippen LogP contribution in [-0.2, 0) is 11.3 Å². The number of urea groups is 1. The van der Waals surface area contributed by atoms with Gasteiger partial charge in [0.25, 0.3) is 0 Å². The van der Waals surface area contributed by atoms with E-state index in [9.17, 15) is 14.4 Å². The first kappa shape index (κ1) is 15.0. The molecule has 1 aromatic carbocycles. The van der Waals surface area contributed by atoms with Gasteiger partial charge in [-0.25, -0.2) is 9.59 Å². The van der Waals surface area contributed by atoms with E-state index in [4.69, 9.17) is 4.42 Å². The SMILES string of the molecule is C=CCNC(=O)NC(=O)Cn1c(=O)oc2cc(Br)ccc21. The number of amides is 3. The zero-order valence-corrected chi connectivity index (χ0v) is 12.5. The van der Waals surface area contributed by atoms with Gasteiger partial charge in [0, 0.05) is 11.0 Å². The smallest absolute Gasteiger partial charge is 0.408 e. The number of oxazole rings is 1. The maximum atomic E-state index is 11.7. The number of hydrogen-bond donors (Lipinski definition) is 2. The molecule has 2 N–H and O–H groups in total. The van der Waals surface area contributed by atoms with Gasteiger partial charge in [0.2, 0.25) is 5.91 Å². The van der Waals surface area contributed by atoms with Crippen LogP contribution in [0.2, 0.25) is 0 Å². The summed E-state index contributed by atoms with van der Waals surface area (Å²) in [6.45, 7) is 3.36. The molecule has 2 rings (SSSR count). The quantitative estimate of drug-likeness (QED) is 0.811. The Hall–Kier alpha value is -2.35. The van der Waals surface area contributed by atoms with Crippen LogP contribution in [0, 0.1) is 0 Å². The molecule has 0 saturated carbocycles. The second kappa shape index (κ2) is 6.40. The predicted octanol–water partition coefficient (Wildman–Crippen LogP) is 1.37. The van der Waals surface area contributed by atoms with Gasteiger partial charge in [-0.1, -0.05) is 22.0 Å². The van der Waals surface area contributed by atoms with Gasteiger partial charge in [-0.05, 0) is 18.2 Å². The average molecular weight is 354 g/mol. The highest BCUT2D eigenvalue weighted by molar-refractivity contribution is 9.10. The van der Waals surface area contributed by atoms with Gasteiger partial charge in [-0.3, -0.25) is 14.7 Å². The van der Waals surface area contributed by atoms with Crippen molar-refractivity contribution in [1.29, 1.82) is 0 Å². The van der Waals surface area contributed by atoms with Gasteiger partial charge >= 0.3 is 11.8 Å². The molecule has 1 heterocycles. The molecule has 1 aromatic heterocycles. The molecule has 7 nitrogen and oxygen atoms in total. The normalized spacial score (nSPS) is 10.3. The molecular weight excluding hydrogens is 342 g/mol. The zero-order chi connectivity index (χ0) is 15.4. The topological polar surface area (TPSA) is 93.3 Å². The number of imide groups is 1. The third-order valence-electron chi connectivity index (χ3n) is 2.59. The fourth-order valence-corrected chi connectivity index (χ4v) is 2.05. The molecule has 110 valence electrons. The Bertz CT molecular complexity index is 762. The Morgan fingerprint density at radius 1 is 1.43 bits per heavy atom. The fraction of sp³-hybridized carbons (Fsp3) is 0.154. The molecule has 0 radical (unpaired) electrons. The lowest BCUT2D eigenvalue weighted by molar-refractivity contribution is -0.120. The molecule has 0 bridgehead atoms. The zero-order valence-electron chi connectivity index (χ0n) is 10.9. The highest BCUT2D eigenvalue weighted by atomic mass is 79.9. The number of nitrogens with one attached hydrogen (secondary N) is 2. The minimum Gasteiger partial charge on any atom is -0.408 e. The summed E-state index contributed by atoms with van der Waals surface area (Å²) in [6.07, 6.45) is 1.48. The Morgan fingerprint density at radius 3 is 2.90 bits per heavy atom. The Morgan fingerprint density at radius 2 is 2.19 bits per heavy atom. The van der Waals surface area contributed by atoms with Crippen molar-refractivity contribution < 1.29 is 14.0 Å². The fourth-order valence-electron chi connectivity index (χ4n) is 1.71. The minimum absolute atomic E-state index is 0.238. The largest absolute Gasteiger partial charge is 0.420 e. The van der Waals surface area contributed by atoms with Gasteiger partial charge < -0.3 is 9.73 Å². The van der Waals surface area contributed by atoms with Crippen molar-refractivity contribution in [3.05, 3.63) is 45.9 Å². The second-order valence-corrected chi connectivity index (χ2v) is 5.03. The summed E-state index contributed by atoms with van der Waals surface area (Å²) >= 11 is 3.26. The van der Waals surface area contributed by atoms with E-state index in [1.54, 1.807) is 18.2 Å². The lowest BCUT2D eigenvalue weighted by Crippen LogP contribution is -2.41. The molecule has 8 heteroatoms. The molecule has 0 unspecified atom stereocenters. The molecule has 0 atom stereocenters. The summed E-state index contributed by atoms with van der Waals surface area (Å²) in [4.78, 5) is 34.8. The molecule has 2 aromatic rings. The summed E-state index contributed by atoms with van der Waals surface area (Å²) in [5, 5.41) is 4.51. The Kier molecular flexibility index (Phi) is 4.59. The van der Waals surface area contributed by atoms with Crippen molar-refractivity contribution in [2.45, 2.75) is 6.54 Å². The summed E-state index contributed by atoms with van der Waals surface area (Å²) in [7, 11) is 0. The van der Waals surface area contributed by atoms with Crippen LogP contribution >= 0.6 is 15.9 Å². The van der Waals surface area contributed by atoms with Gasteiger partial charge in [-0.2, -0.15) is 0 Å².